The van der Waals surface area contributed by atoms with Gasteiger partial charge in [-0.2, -0.15) is 12.6 Å². The lowest BCUT2D eigenvalue weighted by Crippen LogP contribution is -2.22. The van der Waals surface area contributed by atoms with Crippen molar-refractivity contribution in [2.45, 2.75) is 38.0 Å². The molecule has 0 radical (unpaired) electrons. The second-order valence-corrected chi connectivity index (χ2v) is 5.27. The van der Waals surface area contributed by atoms with E-state index in [0.717, 1.165) is 39.0 Å². The Morgan fingerprint density at radius 1 is 1.38 bits per heavy atom. The van der Waals surface area contributed by atoms with Crippen molar-refractivity contribution < 1.29 is 9.53 Å². The van der Waals surface area contributed by atoms with E-state index in [0.29, 0.717) is 6.42 Å². The van der Waals surface area contributed by atoms with E-state index in [2.05, 4.69) is 17.9 Å². The molecule has 1 N–H and O–H groups in total. The van der Waals surface area contributed by atoms with Gasteiger partial charge in [0.2, 0.25) is 0 Å². The van der Waals surface area contributed by atoms with Crippen LogP contribution in [0.5, 0.6) is 0 Å². The number of rotatable bonds is 10. The highest BCUT2D eigenvalue weighted by molar-refractivity contribution is 8.13. The zero-order valence-corrected chi connectivity index (χ0v) is 11.9. The van der Waals surface area contributed by atoms with E-state index in [1.807, 2.05) is 13.2 Å². The van der Waals surface area contributed by atoms with Gasteiger partial charge in [-0.1, -0.05) is 11.8 Å². The van der Waals surface area contributed by atoms with Crippen LogP contribution in [0.1, 0.15) is 32.6 Å². The van der Waals surface area contributed by atoms with Crippen molar-refractivity contribution in [3.8, 4) is 0 Å². The summed E-state index contributed by atoms with van der Waals surface area (Å²) >= 11 is 5.52. The van der Waals surface area contributed by atoms with E-state index in [1.165, 1.54) is 11.8 Å². The molecule has 0 heterocycles. The molecule has 16 heavy (non-hydrogen) atoms. The normalized spacial score (nSPS) is 12.7. The molecular formula is C11H23NO2S2. The van der Waals surface area contributed by atoms with Crippen LogP contribution in [0.25, 0.3) is 0 Å². The summed E-state index contributed by atoms with van der Waals surface area (Å²) in [5.41, 5.74) is 0. The predicted molar refractivity (Wildman–Crippen MR) is 74.3 cm³/mol. The molecule has 0 bridgehead atoms. The molecule has 5 heteroatoms. The summed E-state index contributed by atoms with van der Waals surface area (Å²) in [5.74, 6) is 0. The third kappa shape index (κ3) is 12.4. The molecule has 0 aliphatic heterocycles. The van der Waals surface area contributed by atoms with E-state index < -0.39 is 0 Å². The number of unbranched alkanes of at least 4 members (excludes halogenated alkanes) is 1. The molecule has 0 amide bonds. The van der Waals surface area contributed by atoms with Crippen LogP contribution in [0, 0.1) is 0 Å². The van der Waals surface area contributed by atoms with Crippen LogP contribution in [-0.2, 0) is 9.53 Å². The summed E-state index contributed by atoms with van der Waals surface area (Å²) in [6.07, 6.45) is 5.42. The Morgan fingerprint density at radius 2 is 2.06 bits per heavy atom. The second-order valence-electron chi connectivity index (χ2n) is 3.63. The molecule has 1 atom stereocenters. The zero-order valence-electron chi connectivity index (χ0n) is 10.2. The Balaban J connectivity index is 3.01. The molecule has 0 aliphatic rings. The first-order valence-electron chi connectivity index (χ1n) is 5.73. The van der Waals surface area contributed by atoms with Gasteiger partial charge in [0.15, 0.2) is 5.12 Å². The Kier molecular flexibility index (Phi) is 12.0. The van der Waals surface area contributed by atoms with Crippen molar-refractivity contribution >= 4 is 29.5 Å². The summed E-state index contributed by atoms with van der Waals surface area (Å²) < 4.78 is 5.45. The fourth-order valence-electron chi connectivity index (χ4n) is 1.16. The molecule has 0 fully saturated rings. The molecule has 0 aromatic carbocycles. The molecule has 0 aromatic rings. The van der Waals surface area contributed by atoms with Crippen molar-refractivity contribution in [2.24, 2.45) is 0 Å². The number of carbonyl (C=O) groups is 1. The van der Waals surface area contributed by atoms with E-state index in [-0.39, 0.29) is 10.5 Å². The number of thiol groups is 1. The third-order valence-electron chi connectivity index (χ3n) is 2.05. The fourth-order valence-corrected chi connectivity index (χ4v) is 1.64. The lowest BCUT2D eigenvalue weighted by atomic mass is 10.2. The quantitative estimate of drug-likeness (QED) is 0.361. The predicted octanol–water partition coefficient (Wildman–Crippen LogP) is 2.32. The van der Waals surface area contributed by atoms with Crippen molar-refractivity contribution in [1.29, 1.82) is 0 Å². The van der Waals surface area contributed by atoms with E-state index in [4.69, 9.17) is 4.74 Å². The first kappa shape index (κ1) is 16.3. The van der Waals surface area contributed by atoms with Gasteiger partial charge >= 0.3 is 0 Å². The SMILES string of the molecule is CSC(=O)CCCCOCCCNC(C)S. The molecule has 0 saturated heterocycles. The van der Waals surface area contributed by atoms with Crippen LogP contribution >= 0.6 is 24.4 Å². The molecule has 0 aliphatic carbocycles. The lowest BCUT2D eigenvalue weighted by molar-refractivity contribution is -0.111. The number of ether oxygens (including phenoxy) is 1. The maximum atomic E-state index is 11.0. The monoisotopic (exact) mass is 265 g/mol. The van der Waals surface area contributed by atoms with Gasteiger partial charge < -0.3 is 10.1 Å². The number of thioether (sulfide) groups is 1. The first-order chi connectivity index (χ1) is 7.66. The first-order valence-corrected chi connectivity index (χ1v) is 7.47. The Bertz CT molecular complexity index is 177. The number of hydrogen-bond acceptors (Lipinski definition) is 5. The minimum atomic E-state index is 0.248. The van der Waals surface area contributed by atoms with Gasteiger partial charge in [-0.05, 0) is 39.0 Å². The summed E-state index contributed by atoms with van der Waals surface area (Å²) in [6, 6.07) is 0. The molecule has 96 valence electrons. The van der Waals surface area contributed by atoms with Crippen LogP contribution in [0.4, 0.5) is 0 Å². The van der Waals surface area contributed by atoms with Crippen LogP contribution in [0.3, 0.4) is 0 Å². The molecule has 1 unspecified atom stereocenters. The largest absolute Gasteiger partial charge is 0.381 e. The fraction of sp³-hybridized carbons (Fsp3) is 0.909. The van der Waals surface area contributed by atoms with Gasteiger partial charge in [0.1, 0.15) is 0 Å². The van der Waals surface area contributed by atoms with Gasteiger partial charge in [-0.3, -0.25) is 4.79 Å². The van der Waals surface area contributed by atoms with Gasteiger partial charge in [-0.25, -0.2) is 0 Å². The maximum Gasteiger partial charge on any atom is 0.188 e. The minimum absolute atomic E-state index is 0.248. The van der Waals surface area contributed by atoms with Crippen LogP contribution in [-0.4, -0.2) is 36.5 Å². The molecule has 0 aromatic heterocycles. The average Bonchev–Trinajstić information content (AvgIpc) is 2.26. The third-order valence-corrected chi connectivity index (χ3v) is 2.89. The summed E-state index contributed by atoms with van der Waals surface area (Å²) in [6.45, 7) is 4.49. The topological polar surface area (TPSA) is 38.3 Å². The van der Waals surface area contributed by atoms with Crippen molar-refractivity contribution in [3.05, 3.63) is 0 Å². The standard InChI is InChI=1S/C11H23NO2S2/c1-10(15)12-7-5-9-14-8-4-3-6-11(13)16-2/h10,12,15H,3-9H2,1-2H3. The lowest BCUT2D eigenvalue weighted by Gasteiger charge is -2.07. The molecule has 3 nitrogen and oxygen atoms in total. The molecular weight excluding hydrogens is 242 g/mol. The van der Waals surface area contributed by atoms with Crippen LogP contribution < -0.4 is 5.32 Å². The minimum Gasteiger partial charge on any atom is -0.381 e. The van der Waals surface area contributed by atoms with E-state index in [9.17, 15) is 4.79 Å². The molecule has 0 rings (SSSR count). The van der Waals surface area contributed by atoms with Crippen molar-refractivity contribution in [1.82, 2.24) is 5.32 Å². The highest BCUT2D eigenvalue weighted by Gasteiger charge is 1.98. The van der Waals surface area contributed by atoms with Crippen LogP contribution in [0.2, 0.25) is 0 Å². The van der Waals surface area contributed by atoms with Crippen molar-refractivity contribution in [2.75, 3.05) is 26.0 Å². The second kappa shape index (κ2) is 11.8. The molecule has 0 spiro atoms. The summed E-state index contributed by atoms with van der Waals surface area (Å²) in [5, 5.41) is 3.72. The van der Waals surface area contributed by atoms with Crippen LogP contribution in [0.15, 0.2) is 0 Å². The summed E-state index contributed by atoms with van der Waals surface area (Å²) in [4.78, 5) is 11.0. The van der Waals surface area contributed by atoms with E-state index >= 15 is 0 Å². The highest BCUT2D eigenvalue weighted by atomic mass is 32.2. The number of nitrogens with one attached hydrogen (secondary N) is 1. The Hall–Kier alpha value is 0.290. The van der Waals surface area contributed by atoms with Gasteiger partial charge in [0.05, 0.1) is 0 Å². The summed E-state index contributed by atoms with van der Waals surface area (Å²) in [7, 11) is 0. The average molecular weight is 265 g/mol. The van der Waals surface area contributed by atoms with E-state index in [1.54, 1.807) is 0 Å². The van der Waals surface area contributed by atoms with Gasteiger partial charge in [0, 0.05) is 25.0 Å². The Morgan fingerprint density at radius 3 is 2.69 bits per heavy atom. The Labute approximate surface area is 108 Å². The zero-order chi connectivity index (χ0) is 12.2. The number of carbonyl (C=O) groups excluding carboxylic acids is 1. The highest BCUT2D eigenvalue weighted by Crippen LogP contribution is 2.04. The van der Waals surface area contributed by atoms with Gasteiger partial charge in [0.25, 0.3) is 0 Å². The molecule has 0 saturated carbocycles. The maximum absolute atomic E-state index is 11.0. The smallest absolute Gasteiger partial charge is 0.188 e. The van der Waals surface area contributed by atoms with Crippen molar-refractivity contribution in [3.63, 3.8) is 0 Å². The number of hydrogen-bond donors (Lipinski definition) is 2. The van der Waals surface area contributed by atoms with Gasteiger partial charge in [-0.15, -0.1) is 0 Å².